The van der Waals surface area contributed by atoms with E-state index in [1.165, 1.54) is 27.6 Å². The van der Waals surface area contributed by atoms with Crippen molar-refractivity contribution in [2.24, 2.45) is 0 Å². The fraction of sp³-hybridized carbons (Fsp3) is 0.0769. The quantitative estimate of drug-likeness (QED) is 0.566. The molecule has 3 rings (SSSR count). The molecule has 14 heavy (non-hydrogen) atoms. The third-order valence-electron chi connectivity index (χ3n) is 2.67. The highest BCUT2D eigenvalue weighted by atomic mass is 28.2. The first kappa shape index (κ1) is 8.01. The first-order valence-electron chi connectivity index (χ1n) is 4.87. The van der Waals surface area contributed by atoms with E-state index >= 15 is 0 Å². The zero-order valence-electron chi connectivity index (χ0n) is 7.83. The van der Waals surface area contributed by atoms with Gasteiger partial charge in [-0.3, -0.25) is 0 Å². The van der Waals surface area contributed by atoms with Crippen LogP contribution in [-0.2, 0) is 0 Å². The summed E-state index contributed by atoms with van der Waals surface area (Å²) in [6.45, 7) is 0. The summed E-state index contributed by atoms with van der Waals surface area (Å²) in [6.07, 6.45) is 4.56. The van der Waals surface area contributed by atoms with Crippen molar-refractivity contribution in [1.82, 2.24) is 0 Å². The summed E-state index contributed by atoms with van der Waals surface area (Å²) in [6, 6.07) is 14.3. The lowest BCUT2D eigenvalue weighted by Gasteiger charge is -2.12. The molecule has 0 fully saturated rings. The molecule has 0 spiro atoms. The molecule has 66 valence electrons. The second-order valence-corrected chi connectivity index (χ2v) is 4.83. The molecule has 0 unspecified atom stereocenters. The van der Waals surface area contributed by atoms with Crippen LogP contribution in [0.15, 0.2) is 42.5 Å². The Labute approximate surface area is 86.1 Å². The van der Waals surface area contributed by atoms with Crippen molar-refractivity contribution in [3.8, 4) is 0 Å². The van der Waals surface area contributed by atoms with E-state index in [0.717, 1.165) is 9.52 Å². The van der Waals surface area contributed by atoms with Gasteiger partial charge >= 0.3 is 0 Å². The number of hydrogen-bond donors (Lipinski definition) is 0. The summed E-state index contributed by atoms with van der Waals surface area (Å²) in [5, 5.41) is 4.27. The summed E-state index contributed by atoms with van der Waals surface area (Å²) in [5.41, 5.74) is 1.44. The van der Waals surface area contributed by atoms with Crippen LogP contribution in [0.1, 0.15) is 5.56 Å². The van der Waals surface area contributed by atoms with E-state index in [-0.39, 0.29) is 0 Å². The molecule has 2 aromatic carbocycles. The monoisotopic (exact) mass is 194 g/mol. The average molecular weight is 194 g/mol. The molecular weight excluding hydrogens is 184 g/mol. The van der Waals surface area contributed by atoms with E-state index < -0.39 is 0 Å². The molecular formula is C13H10Si. The molecule has 0 atom stereocenters. The van der Waals surface area contributed by atoms with E-state index in [4.69, 9.17) is 0 Å². The Balaban J connectivity index is 2.42. The van der Waals surface area contributed by atoms with E-state index in [2.05, 4.69) is 48.6 Å². The minimum Gasteiger partial charge on any atom is -0.0867 e. The van der Waals surface area contributed by atoms with Gasteiger partial charge in [0.1, 0.15) is 0 Å². The molecule has 2 radical (unpaired) electrons. The third-order valence-corrected chi connectivity index (χ3v) is 3.92. The lowest BCUT2D eigenvalue weighted by atomic mass is 10.0. The van der Waals surface area contributed by atoms with E-state index in [1.807, 2.05) is 0 Å². The van der Waals surface area contributed by atoms with Gasteiger partial charge in [0.25, 0.3) is 0 Å². The summed E-state index contributed by atoms with van der Waals surface area (Å²) in [5.74, 6) is 0. The lowest BCUT2D eigenvalue weighted by Crippen LogP contribution is -2.19. The minimum absolute atomic E-state index is 0.949. The van der Waals surface area contributed by atoms with Crippen LogP contribution < -0.4 is 5.19 Å². The van der Waals surface area contributed by atoms with Crippen LogP contribution in [-0.4, -0.2) is 9.52 Å². The molecule has 1 aliphatic heterocycles. The average Bonchev–Trinajstić information content (AvgIpc) is 2.29. The molecule has 1 heterocycles. The summed E-state index contributed by atoms with van der Waals surface area (Å²) < 4.78 is 0. The Morgan fingerprint density at radius 3 is 2.93 bits per heavy atom. The van der Waals surface area contributed by atoms with Gasteiger partial charge in [-0.1, -0.05) is 53.7 Å². The van der Waals surface area contributed by atoms with E-state index in [0.29, 0.717) is 0 Å². The van der Waals surface area contributed by atoms with Crippen molar-refractivity contribution in [2.75, 3.05) is 0 Å². The predicted molar refractivity (Wildman–Crippen MR) is 63.2 cm³/mol. The number of allylic oxidation sites excluding steroid dienone is 1. The van der Waals surface area contributed by atoms with Gasteiger partial charge in [0, 0.05) is 0 Å². The van der Waals surface area contributed by atoms with Crippen molar-refractivity contribution in [1.29, 1.82) is 0 Å². The number of rotatable bonds is 0. The van der Waals surface area contributed by atoms with Crippen LogP contribution in [0.4, 0.5) is 0 Å². The minimum atomic E-state index is 0.949. The molecule has 0 bridgehead atoms. The van der Waals surface area contributed by atoms with Crippen molar-refractivity contribution < 1.29 is 0 Å². The van der Waals surface area contributed by atoms with Gasteiger partial charge < -0.3 is 0 Å². The standard InChI is InChI=1S/C13H10Si/c1-2-5-11-10(4-1)7-8-13-12(11)6-3-9-14-13/h1-8H,9H2. The fourth-order valence-electron chi connectivity index (χ4n) is 1.97. The van der Waals surface area contributed by atoms with E-state index in [9.17, 15) is 0 Å². The highest BCUT2D eigenvalue weighted by Gasteiger charge is 2.07. The maximum atomic E-state index is 2.28. The molecule has 1 heteroatoms. The van der Waals surface area contributed by atoms with Crippen LogP contribution in [0.2, 0.25) is 6.04 Å². The van der Waals surface area contributed by atoms with Gasteiger partial charge in [-0.2, -0.15) is 0 Å². The topological polar surface area (TPSA) is 0 Å². The SMILES string of the molecule is C1=Cc2c(ccc3ccccc23)[Si]C1. The zero-order chi connectivity index (χ0) is 9.38. The molecule has 1 aliphatic rings. The van der Waals surface area contributed by atoms with Gasteiger partial charge in [0.2, 0.25) is 0 Å². The Morgan fingerprint density at radius 1 is 1.00 bits per heavy atom. The molecule has 0 aliphatic carbocycles. The highest BCUT2D eigenvalue weighted by molar-refractivity contribution is 6.56. The van der Waals surface area contributed by atoms with Gasteiger partial charge in [0.15, 0.2) is 0 Å². The maximum Gasteiger partial charge on any atom is 0.0858 e. The molecule has 0 N–H and O–H groups in total. The fourth-order valence-corrected chi connectivity index (χ4v) is 3.04. The molecule has 0 aromatic heterocycles. The first-order valence-corrected chi connectivity index (χ1v) is 6.08. The largest absolute Gasteiger partial charge is 0.0867 e. The smallest absolute Gasteiger partial charge is 0.0858 e. The Hall–Kier alpha value is -1.34. The second kappa shape index (κ2) is 3.10. The maximum absolute atomic E-state index is 2.28. The number of benzene rings is 2. The summed E-state index contributed by atoms with van der Waals surface area (Å²) in [7, 11) is 0.949. The van der Waals surface area contributed by atoms with Crippen molar-refractivity contribution in [2.45, 2.75) is 6.04 Å². The Bertz CT molecular complexity index is 512. The molecule has 0 nitrogen and oxygen atoms in total. The highest BCUT2D eigenvalue weighted by Crippen LogP contribution is 2.20. The van der Waals surface area contributed by atoms with Gasteiger partial charge in [-0.25, -0.2) is 0 Å². The van der Waals surface area contributed by atoms with Crippen LogP contribution in [0, 0.1) is 0 Å². The molecule has 0 saturated carbocycles. The van der Waals surface area contributed by atoms with E-state index in [1.54, 1.807) is 0 Å². The van der Waals surface area contributed by atoms with Crippen molar-refractivity contribution >= 4 is 31.6 Å². The zero-order valence-corrected chi connectivity index (χ0v) is 8.83. The van der Waals surface area contributed by atoms with Gasteiger partial charge in [0.05, 0.1) is 9.52 Å². The molecule has 0 amide bonds. The Kier molecular flexibility index (Phi) is 1.77. The van der Waals surface area contributed by atoms with Gasteiger partial charge in [-0.15, -0.1) is 0 Å². The third kappa shape index (κ3) is 1.13. The predicted octanol–water partition coefficient (Wildman–Crippen LogP) is 2.61. The summed E-state index contributed by atoms with van der Waals surface area (Å²) >= 11 is 0. The second-order valence-electron chi connectivity index (χ2n) is 3.53. The normalized spacial score (nSPS) is 14.3. The lowest BCUT2D eigenvalue weighted by molar-refractivity contribution is 1.65. The molecule has 0 saturated heterocycles. The molecule has 2 aromatic rings. The summed E-state index contributed by atoms with van der Waals surface area (Å²) in [4.78, 5) is 0. The van der Waals surface area contributed by atoms with Crippen LogP contribution >= 0.6 is 0 Å². The van der Waals surface area contributed by atoms with Crippen molar-refractivity contribution in [3.63, 3.8) is 0 Å². The number of fused-ring (bicyclic) bond motifs is 3. The van der Waals surface area contributed by atoms with Crippen LogP contribution in [0.25, 0.3) is 16.8 Å². The van der Waals surface area contributed by atoms with Gasteiger partial charge in [-0.05, 0) is 22.4 Å². The first-order chi connectivity index (χ1) is 6.95. The Morgan fingerprint density at radius 2 is 1.93 bits per heavy atom. The van der Waals surface area contributed by atoms with Crippen molar-refractivity contribution in [3.05, 3.63) is 48.0 Å². The number of hydrogen-bond acceptors (Lipinski definition) is 0. The van der Waals surface area contributed by atoms with Crippen LogP contribution in [0.3, 0.4) is 0 Å². The van der Waals surface area contributed by atoms with Crippen LogP contribution in [0.5, 0.6) is 0 Å².